The van der Waals surface area contributed by atoms with Gasteiger partial charge in [0.15, 0.2) is 0 Å². The minimum atomic E-state index is 0.677. The molecule has 0 aromatic heterocycles. The van der Waals surface area contributed by atoms with E-state index in [2.05, 4.69) is 26.1 Å². The second-order valence-electron chi connectivity index (χ2n) is 4.75. The van der Waals surface area contributed by atoms with Gasteiger partial charge < -0.3 is 11.1 Å². The highest BCUT2D eigenvalue weighted by Gasteiger charge is 2.06. The molecule has 0 saturated heterocycles. The first kappa shape index (κ1) is 13.3. The number of hydrogen-bond donors (Lipinski definition) is 2. The molecule has 1 atom stereocenters. The molecule has 0 aliphatic heterocycles. The second-order valence-corrected chi connectivity index (χ2v) is 5.18. The number of halogens is 1. The Hall–Kier alpha value is -0.730. The molecule has 2 nitrogen and oxygen atoms in total. The van der Waals surface area contributed by atoms with Crippen molar-refractivity contribution < 1.29 is 0 Å². The topological polar surface area (TPSA) is 38.0 Å². The Labute approximate surface area is 103 Å². The average Bonchev–Trinajstić information content (AvgIpc) is 2.15. The first-order valence-corrected chi connectivity index (χ1v) is 6.12. The van der Waals surface area contributed by atoms with Gasteiger partial charge in [0, 0.05) is 17.3 Å². The number of nitrogens with two attached hydrogens (primary N) is 1. The van der Waals surface area contributed by atoms with Gasteiger partial charge in [-0.15, -0.1) is 0 Å². The number of nitrogen functional groups attached to an aromatic ring is 1. The molecule has 0 radical (unpaired) electrons. The average molecular weight is 241 g/mol. The summed E-state index contributed by atoms with van der Waals surface area (Å²) in [5, 5.41) is 4.13. The maximum atomic E-state index is 5.93. The number of rotatable bonds is 5. The lowest BCUT2D eigenvalue weighted by Gasteiger charge is -2.16. The molecule has 1 aromatic rings. The predicted octanol–water partition coefficient (Wildman–Crippen LogP) is 3.30. The lowest BCUT2D eigenvalue weighted by atomic mass is 9.98. The van der Waals surface area contributed by atoms with E-state index in [-0.39, 0.29) is 0 Å². The fraction of sp³-hybridized carbons (Fsp3) is 0.538. The van der Waals surface area contributed by atoms with E-state index in [0.717, 1.165) is 24.3 Å². The summed E-state index contributed by atoms with van der Waals surface area (Å²) in [7, 11) is 0. The molecule has 1 rings (SSSR count). The van der Waals surface area contributed by atoms with Gasteiger partial charge in [0.1, 0.15) is 0 Å². The molecule has 0 saturated carbocycles. The molecule has 0 fully saturated rings. The Morgan fingerprint density at radius 3 is 2.50 bits per heavy atom. The number of anilines is 1. The third-order valence-electron chi connectivity index (χ3n) is 2.91. The van der Waals surface area contributed by atoms with Gasteiger partial charge in [-0.3, -0.25) is 0 Å². The fourth-order valence-electron chi connectivity index (χ4n) is 1.46. The van der Waals surface area contributed by atoms with E-state index in [1.54, 1.807) is 6.07 Å². The predicted molar refractivity (Wildman–Crippen MR) is 71.6 cm³/mol. The van der Waals surface area contributed by atoms with Crippen LogP contribution in [0.4, 0.5) is 5.69 Å². The van der Waals surface area contributed by atoms with E-state index in [1.165, 1.54) is 0 Å². The normalized spacial score (nSPS) is 13.1. The zero-order valence-corrected chi connectivity index (χ0v) is 11.0. The molecule has 0 aliphatic carbocycles. The largest absolute Gasteiger partial charge is 0.399 e. The highest BCUT2D eigenvalue weighted by molar-refractivity contribution is 6.30. The summed E-state index contributed by atoms with van der Waals surface area (Å²) in [6, 6.07) is 5.67. The van der Waals surface area contributed by atoms with Crippen molar-refractivity contribution in [1.29, 1.82) is 0 Å². The van der Waals surface area contributed by atoms with Crippen LogP contribution >= 0.6 is 11.6 Å². The van der Waals surface area contributed by atoms with E-state index in [1.807, 2.05) is 12.1 Å². The van der Waals surface area contributed by atoms with E-state index in [9.17, 15) is 0 Å². The smallest absolute Gasteiger partial charge is 0.0429 e. The van der Waals surface area contributed by atoms with Crippen LogP contribution in [0.5, 0.6) is 0 Å². The molecular weight excluding hydrogens is 220 g/mol. The number of benzene rings is 1. The van der Waals surface area contributed by atoms with E-state index >= 15 is 0 Å². The minimum Gasteiger partial charge on any atom is -0.399 e. The van der Waals surface area contributed by atoms with E-state index < -0.39 is 0 Å². The maximum absolute atomic E-state index is 5.93. The van der Waals surface area contributed by atoms with Gasteiger partial charge in [0.25, 0.3) is 0 Å². The van der Waals surface area contributed by atoms with Crippen molar-refractivity contribution in [3.63, 3.8) is 0 Å². The van der Waals surface area contributed by atoms with Gasteiger partial charge in [-0.1, -0.05) is 32.4 Å². The SMILES string of the molecule is CC(C)C(C)CNCc1cc(N)cc(Cl)c1. The summed E-state index contributed by atoms with van der Waals surface area (Å²) in [6.45, 7) is 8.57. The van der Waals surface area contributed by atoms with Gasteiger partial charge in [-0.25, -0.2) is 0 Å². The minimum absolute atomic E-state index is 0.677. The van der Waals surface area contributed by atoms with Crippen LogP contribution < -0.4 is 11.1 Å². The first-order valence-electron chi connectivity index (χ1n) is 5.74. The van der Waals surface area contributed by atoms with Crippen LogP contribution in [-0.2, 0) is 6.54 Å². The fourth-order valence-corrected chi connectivity index (χ4v) is 1.72. The molecule has 90 valence electrons. The van der Waals surface area contributed by atoms with Crippen LogP contribution in [0.3, 0.4) is 0 Å². The van der Waals surface area contributed by atoms with Crippen LogP contribution in [0.25, 0.3) is 0 Å². The highest BCUT2D eigenvalue weighted by Crippen LogP contribution is 2.16. The molecule has 0 spiro atoms. The summed E-state index contributed by atoms with van der Waals surface area (Å²) in [5.41, 5.74) is 7.59. The lowest BCUT2D eigenvalue weighted by molar-refractivity contribution is 0.392. The summed E-state index contributed by atoms with van der Waals surface area (Å²) >= 11 is 5.93. The third kappa shape index (κ3) is 4.42. The van der Waals surface area contributed by atoms with Gasteiger partial charge >= 0.3 is 0 Å². The molecule has 0 amide bonds. The third-order valence-corrected chi connectivity index (χ3v) is 3.13. The van der Waals surface area contributed by atoms with Crippen molar-refractivity contribution in [3.05, 3.63) is 28.8 Å². The lowest BCUT2D eigenvalue weighted by Crippen LogP contribution is -2.23. The standard InChI is InChI=1S/C13H21ClN2/c1-9(2)10(3)7-16-8-11-4-12(14)6-13(15)5-11/h4-6,9-10,16H,7-8,15H2,1-3H3. The first-order chi connectivity index (χ1) is 7.49. The zero-order chi connectivity index (χ0) is 12.1. The summed E-state index contributed by atoms with van der Waals surface area (Å²) in [5.74, 6) is 1.38. The van der Waals surface area contributed by atoms with Crippen molar-refractivity contribution in [1.82, 2.24) is 5.32 Å². The van der Waals surface area contributed by atoms with Crippen molar-refractivity contribution in [2.75, 3.05) is 12.3 Å². The zero-order valence-electron chi connectivity index (χ0n) is 10.3. The maximum Gasteiger partial charge on any atom is 0.0429 e. The molecule has 0 aliphatic rings. The Bertz CT molecular complexity index is 316. The van der Waals surface area contributed by atoms with Crippen molar-refractivity contribution in [2.45, 2.75) is 27.3 Å². The molecule has 3 heteroatoms. The molecule has 3 N–H and O–H groups in total. The van der Waals surface area contributed by atoms with E-state index in [4.69, 9.17) is 17.3 Å². The Balaban J connectivity index is 2.43. The van der Waals surface area contributed by atoms with Crippen molar-refractivity contribution in [2.24, 2.45) is 11.8 Å². The molecule has 0 bridgehead atoms. The van der Waals surface area contributed by atoms with Crippen molar-refractivity contribution >= 4 is 17.3 Å². The molecule has 1 unspecified atom stereocenters. The summed E-state index contributed by atoms with van der Waals surface area (Å²) in [6.07, 6.45) is 0. The van der Waals surface area contributed by atoms with Crippen LogP contribution in [0.2, 0.25) is 5.02 Å². The second kappa shape index (κ2) is 6.12. The van der Waals surface area contributed by atoms with Gasteiger partial charge in [-0.2, -0.15) is 0 Å². The van der Waals surface area contributed by atoms with Crippen LogP contribution in [-0.4, -0.2) is 6.54 Å². The monoisotopic (exact) mass is 240 g/mol. The molecule has 16 heavy (non-hydrogen) atoms. The van der Waals surface area contributed by atoms with Gasteiger partial charge in [-0.05, 0) is 42.1 Å². The Morgan fingerprint density at radius 2 is 1.94 bits per heavy atom. The molecule has 0 heterocycles. The molecule has 1 aromatic carbocycles. The van der Waals surface area contributed by atoms with Gasteiger partial charge in [0.2, 0.25) is 0 Å². The molecular formula is C13H21ClN2. The van der Waals surface area contributed by atoms with Crippen LogP contribution in [0.15, 0.2) is 18.2 Å². The Kier molecular flexibility index (Phi) is 5.10. The van der Waals surface area contributed by atoms with Gasteiger partial charge in [0.05, 0.1) is 0 Å². The van der Waals surface area contributed by atoms with Crippen LogP contribution in [0, 0.1) is 11.8 Å². The van der Waals surface area contributed by atoms with E-state index in [0.29, 0.717) is 16.9 Å². The highest BCUT2D eigenvalue weighted by atomic mass is 35.5. The van der Waals surface area contributed by atoms with Crippen molar-refractivity contribution in [3.8, 4) is 0 Å². The number of nitrogens with one attached hydrogen (secondary N) is 1. The Morgan fingerprint density at radius 1 is 1.25 bits per heavy atom. The van der Waals surface area contributed by atoms with Crippen LogP contribution in [0.1, 0.15) is 26.3 Å². The summed E-state index contributed by atoms with van der Waals surface area (Å²) < 4.78 is 0. The summed E-state index contributed by atoms with van der Waals surface area (Å²) in [4.78, 5) is 0. The quantitative estimate of drug-likeness (QED) is 0.775. The number of hydrogen-bond acceptors (Lipinski definition) is 2.